The van der Waals surface area contributed by atoms with Crippen molar-refractivity contribution in [2.24, 2.45) is 0 Å². The second-order valence-electron chi connectivity index (χ2n) is 4.62. The summed E-state index contributed by atoms with van der Waals surface area (Å²) in [6.45, 7) is 6.32. The molecule has 0 saturated heterocycles. The van der Waals surface area contributed by atoms with Crippen LogP contribution in [0.3, 0.4) is 0 Å². The fourth-order valence-corrected chi connectivity index (χ4v) is 2.03. The van der Waals surface area contributed by atoms with Crippen molar-refractivity contribution in [3.63, 3.8) is 0 Å². The van der Waals surface area contributed by atoms with E-state index in [-0.39, 0.29) is 6.04 Å². The summed E-state index contributed by atoms with van der Waals surface area (Å²) in [5, 5.41) is 14.5. The molecular formula is C13H19Cl2NO. The number of halogens is 2. The minimum atomic E-state index is -0.687. The predicted molar refractivity (Wildman–Crippen MR) is 73.8 cm³/mol. The Morgan fingerprint density at radius 1 is 1.41 bits per heavy atom. The molecule has 4 heteroatoms. The van der Waals surface area contributed by atoms with Gasteiger partial charge in [0.15, 0.2) is 0 Å². The molecule has 0 aromatic heterocycles. The van der Waals surface area contributed by atoms with Crippen LogP contribution >= 0.6 is 23.2 Å². The van der Waals surface area contributed by atoms with Gasteiger partial charge < -0.3 is 10.4 Å². The van der Waals surface area contributed by atoms with Gasteiger partial charge in [-0.25, -0.2) is 0 Å². The zero-order valence-corrected chi connectivity index (χ0v) is 11.9. The summed E-state index contributed by atoms with van der Waals surface area (Å²) in [5.41, 5.74) is 0.302. The number of benzene rings is 1. The van der Waals surface area contributed by atoms with Crippen molar-refractivity contribution in [2.45, 2.75) is 38.8 Å². The standard InChI is InChI=1S/C13H19Cl2NO/c1-4-13(3,17)8-16-9(2)11-6-5-10(14)7-12(11)15/h5-7,9,16-17H,4,8H2,1-3H3. The predicted octanol–water partition coefficient (Wildman–Crippen LogP) is 3.81. The molecule has 0 aliphatic carbocycles. The van der Waals surface area contributed by atoms with E-state index in [9.17, 15) is 5.11 Å². The summed E-state index contributed by atoms with van der Waals surface area (Å²) < 4.78 is 0. The average molecular weight is 276 g/mol. The fourth-order valence-electron chi connectivity index (χ4n) is 1.46. The molecule has 0 bridgehead atoms. The van der Waals surface area contributed by atoms with Gasteiger partial charge in [-0.15, -0.1) is 0 Å². The van der Waals surface area contributed by atoms with Gasteiger partial charge >= 0.3 is 0 Å². The number of nitrogens with one attached hydrogen (secondary N) is 1. The summed E-state index contributed by atoms with van der Waals surface area (Å²) >= 11 is 12.0. The Labute approximate surface area is 113 Å². The molecule has 0 aliphatic heterocycles. The van der Waals surface area contributed by atoms with E-state index >= 15 is 0 Å². The largest absolute Gasteiger partial charge is 0.389 e. The Bertz CT molecular complexity index is 380. The van der Waals surface area contributed by atoms with E-state index in [1.807, 2.05) is 32.9 Å². The molecule has 0 radical (unpaired) electrons. The van der Waals surface area contributed by atoms with Crippen molar-refractivity contribution in [3.05, 3.63) is 33.8 Å². The lowest BCUT2D eigenvalue weighted by Crippen LogP contribution is -2.38. The summed E-state index contributed by atoms with van der Waals surface area (Å²) in [7, 11) is 0. The van der Waals surface area contributed by atoms with Crippen LogP contribution < -0.4 is 5.32 Å². The number of aliphatic hydroxyl groups is 1. The van der Waals surface area contributed by atoms with E-state index in [1.54, 1.807) is 6.07 Å². The first-order valence-electron chi connectivity index (χ1n) is 5.76. The maximum atomic E-state index is 9.92. The molecular weight excluding hydrogens is 257 g/mol. The third kappa shape index (κ3) is 4.47. The maximum absolute atomic E-state index is 9.92. The molecule has 2 nitrogen and oxygen atoms in total. The van der Waals surface area contributed by atoms with Crippen molar-refractivity contribution in [1.29, 1.82) is 0 Å². The topological polar surface area (TPSA) is 32.3 Å². The summed E-state index contributed by atoms with van der Waals surface area (Å²) in [6.07, 6.45) is 0.709. The Morgan fingerprint density at radius 3 is 2.59 bits per heavy atom. The molecule has 1 aromatic rings. The second kappa shape index (κ2) is 6.05. The Morgan fingerprint density at radius 2 is 2.06 bits per heavy atom. The summed E-state index contributed by atoms with van der Waals surface area (Å²) in [5.74, 6) is 0. The molecule has 1 rings (SSSR count). The van der Waals surface area contributed by atoms with Gasteiger partial charge in [0.05, 0.1) is 5.60 Å². The normalized spacial score (nSPS) is 16.6. The lowest BCUT2D eigenvalue weighted by Gasteiger charge is -2.25. The van der Waals surface area contributed by atoms with Gasteiger partial charge in [-0.05, 0) is 38.0 Å². The highest BCUT2D eigenvalue weighted by Crippen LogP contribution is 2.26. The Balaban J connectivity index is 2.67. The van der Waals surface area contributed by atoms with Crippen LogP contribution in [0.1, 0.15) is 38.8 Å². The van der Waals surface area contributed by atoms with Gasteiger partial charge in [-0.3, -0.25) is 0 Å². The van der Waals surface area contributed by atoms with Crippen molar-refractivity contribution >= 4 is 23.2 Å². The van der Waals surface area contributed by atoms with Crippen LogP contribution in [-0.4, -0.2) is 17.3 Å². The molecule has 0 saturated carbocycles. The number of hydrogen-bond acceptors (Lipinski definition) is 2. The molecule has 96 valence electrons. The van der Waals surface area contributed by atoms with E-state index in [1.165, 1.54) is 0 Å². The molecule has 0 amide bonds. The van der Waals surface area contributed by atoms with Crippen LogP contribution in [0.5, 0.6) is 0 Å². The molecule has 17 heavy (non-hydrogen) atoms. The highest BCUT2D eigenvalue weighted by Gasteiger charge is 2.19. The van der Waals surface area contributed by atoms with Crippen LogP contribution in [0, 0.1) is 0 Å². The van der Waals surface area contributed by atoms with Gasteiger partial charge in [0.25, 0.3) is 0 Å². The zero-order chi connectivity index (χ0) is 13.1. The molecule has 0 spiro atoms. The molecule has 0 fully saturated rings. The number of hydrogen-bond donors (Lipinski definition) is 2. The highest BCUT2D eigenvalue weighted by atomic mass is 35.5. The van der Waals surface area contributed by atoms with E-state index in [4.69, 9.17) is 23.2 Å². The van der Waals surface area contributed by atoms with E-state index in [0.29, 0.717) is 23.0 Å². The molecule has 2 N–H and O–H groups in total. The van der Waals surface area contributed by atoms with Crippen molar-refractivity contribution in [3.8, 4) is 0 Å². The fraction of sp³-hybridized carbons (Fsp3) is 0.538. The Hall–Kier alpha value is -0.280. The second-order valence-corrected chi connectivity index (χ2v) is 5.46. The lowest BCUT2D eigenvalue weighted by atomic mass is 10.0. The molecule has 2 unspecified atom stereocenters. The van der Waals surface area contributed by atoms with Gasteiger partial charge in [-0.1, -0.05) is 36.2 Å². The van der Waals surface area contributed by atoms with Crippen LogP contribution in [0.2, 0.25) is 10.0 Å². The third-order valence-electron chi connectivity index (χ3n) is 2.98. The lowest BCUT2D eigenvalue weighted by molar-refractivity contribution is 0.0533. The van der Waals surface area contributed by atoms with Gasteiger partial charge in [0.2, 0.25) is 0 Å². The van der Waals surface area contributed by atoms with Crippen LogP contribution in [0.25, 0.3) is 0 Å². The van der Waals surface area contributed by atoms with Crippen molar-refractivity contribution in [2.75, 3.05) is 6.54 Å². The first kappa shape index (κ1) is 14.8. The smallest absolute Gasteiger partial charge is 0.0741 e. The minimum Gasteiger partial charge on any atom is -0.389 e. The SMILES string of the molecule is CCC(C)(O)CNC(C)c1ccc(Cl)cc1Cl. The molecule has 0 heterocycles. The highest BCUT2D eigenvalue weighted by molar-refractivity contribution is 6.35. The van der Waals surface area contributed by atoms with E-state index < -0.39 is 5.60 Å². The average Bonchev–Trinajstić information content (AvgIpc) is 2.26. The first-order valence-corrected chi connectivity index (χ1v) is 6.52. The van der Waals surface area contributed by atoms with Crippen LogP contribution in [0.4, 0.5) is 0 Å². The van der Waals surface area contributed by atoms with E-state index in [0.717, 1.165) is 5.56 Å². The van der Waals surface area contributed by atoms with Gasteiger partial charge in [0.1, 0.15) is 0 Å². The van der Waals surface area contributed by atoms with Crippen molar-refractivity contribution < 1.29 is 5.11 Å². The minimum absolute atomic E-state index is 0.0813. The first-order chi connectivity index (χ1) is 7.85. The maximum Gasteiger partial charge on any atom is 0.0741 e. The molecule has 2 atom stereocenters. The monoisotopic (exact) mass is 275 g/mol. The Kier molecular flexibility index (Phi) is 5.26. The van der Waals surface area contributed by atoms with E-state index in [2.05, 4.69) is 5.32 Å². The van der Waals surface area contributed by atoms with Crippen LogP contribution in [0.15, 0.2) is 18.2 Å². The summed E-state index contributed by atoms with van der Waals surface area (Å²) in [6, 6.07) is 5.54. The third-order valence-corrected chi connectivity index (χ3v) is 3.54. The summed E-state index contributed by atoms with van der Waals surface area (Å²) in [4.78, 5) is 0. The quantitative estimate of drug-likeness (QED) is 0.857. The molecule has 0 aliphatic rings. The molecule has 1 aromatic carbocycles. The van der Waals surface area contributed by atoms with Gasteiger partial charge in [0, 0.05) is 22.6 Å². The number of rotatable bonds is 5. The van der Waals surface area contributed by atoms with Crippen molar-refractivity contribution in [1.82, 2.24) is 5.32 Å². The van der Waals surface area contributed by atoms with Crippen LogP contribution in [-0.2, 0) is 0 Å². The zero-order valence-electron chi connectivity index (χ0n) is 10.4. The van der Waals surface area contributed by atoms with Gasteiger partial charge in [-0.2, -0.15) is 0 Å².